The molecule has 0 unspecified atom stereocenters. The van der Waals surface area contributed by atoms with Gasteiger partial charge in [0, 0.05) is 18.8 Å². The van der Waals surface area contributed by atoms with Crippen molar-refractivity contribution in [1.29, 1.82) is 5.41 Å². The van der Waals surface area contributed by atoms with Crippen molar-refractivity contribution in [3.05, 3.63) is 35.9 Å². The van der Waals surface area contributed by atoms with Crippen molar-refractivity contribution < 1.29 is 12.4 Å². The van der Waals surface area contributed by atoms with Gasteiger partial charge in [0.1, 0.15) is 0 Å². The van der Waals surface area contributed by atoms with Crippen LogP contribution in [0.15, 0.2) is 30.3 Å². The molecule has 0 aliphatic carbocycles. The van der Waals surface area contributed by atoms with E-state index in [0.29, 0.717) is 0 Å². The van der Waals surface area contributed by atoms with Crippen molar-refractivity contribution in [3.63, 3.8) is 0 Å². The summed E-state index contributed by atoms with van der Waals surface area (Å²) >= 11 is 1.65. The topological polar surface area (TPSA) is 27.1 Å². The molecule has 2 rings (SSSR count). The number of halogens is 1. The van der Waals surface area contributed by atoms with E-state index in [1.807, 2.05) is 6.07 Å². The molecule has 1 fully saturated rings. The predicted octanol–water partition coefficient (Wildman–Crippen LogP) is -0.436. The number of rotatable bonds is 2. The quantitative estimate of drug-likeness (QED) is 0.761. The molecule has 1 aromatic carbocycles. The fraction of sp³-hybridized carbons (Fsp3) is 0.364. The minimum absolute atomic E-state index is 0. The van der Waals surface area contributed by atoms with Crippen molar-refractivity contribution in [3.8, 4) is 0 Å². The maximum Gasteiger partial charge on any atom is 0.156 e. The fourth-order valence-corrected chi connectivity index (χ4v) is 2.38. The van der Waals surface area contributed by atoms with E-state index in [2.05, 4.69) is 29.2 Å². The molecular formula is C11H14ClN2S-. The van der Waals surface area contributed by atoms with Crippen LogP contribution in [0.5, 0.6) is 0 Å². The summed E-state index contributed by atoms with van der Waals surface area (Å²) in [6, 6.07) is 10.4. The molecular weight excluding hydrogens is 228 g/mol. The van der Waals surface area contributed by atoms with E-state index in [9.17, 15) is 0 Å². The molecule has 0 amide bonds. The van der Waals surface area contributed by atoms with Gasteiger partial charge < -0.3 is 17.3 Å². The molecule has 2 nitrogen and oxygen atoms in total. The molecule has 0 bridgehead atoms. The zero-order valence-corrected chi connectivity index (χ0v) is 10.0. The lowest BCUT2D eigenvalue weighted by Crippen LogP contribution is -3.00. The van der Waals surface area contributed by atoms with Gasteiger partial charge in [-0.25, -0.2) is 0 Å². The van der Waals surface area contributed by atoms with Crippen molar-refractivity contribution in [2.75, 3.05) is 12.3 Å². The second-order valence-electron chi connectivity index (χ2n) is 3.41. The van der Waals surface area contributed by atoms with Gasteiger partial charge in [-0.2, -0.15) is 0 Å². The molecule has 0 aromatic heterocycles. The van der Waals surface area contributed by atoms with Crippen LogP contribution in [-0.4, -0.2) is 22.4 Å². The van der Waals surface area contributed by atoms with E-state index in [1.165, 1.54) is 12.0 Å². The van der Waals surface area contributed by atoms with E-state index in [4.69, 9.17) is 5.41 Å². The maximum atomic E-state index is 7.78. The number of hydrogen-bond donors (Lipinski definition) is 1. The average Bonchev–Trinajstić information content (AvgIpc) is 2.23. The third-order valence-corrected chi connectivity index (χ3v) is 3.34. The number of amidine groups is 1. The molecule has 0 atom stereocenters. The van der Waals surface area contributed by atoms with Gasteiger partial charge in [0.25, 0.3) is 0 Å². The van der Waals surface area contributed by atoms with Crippen LogP contribution in [0.2, 0.25) is 0 Å². The van der Waals surface area contributed by atoms with Crippen LogP contribution in [0.1, 0.15) is 12.0 Å². The van der Waals surface area contributed by atoms with E-state index in [0.717, 1.165) is 24.0 Å². The van der Waals surface area contributed by atoms with Crippen LogP contribution in [0.4, 0.5) is 0 Å². The summed E-state index contributed by atoms with van der Waals surface area (Å²) in [5.74, 6) is 1.10. The Balaban J connectivity index is 0.00000112. The van der Waals surface area contributed by atoms with E-state index in [1.54, 1.807) is 11.8 Å². The minimum atomic E-state index is 0. The van der Waals surface area contributed by atoms with Gasteiger partial charge >= 0.3 is 0 Å². The SMILES string of the molecule is N=C1SCCCN1Cc1ccccc1.[Cl-]. The van der Waals surface area contributed by atoms with E-state index in [-0.39, 0.29) is 12.4 Å². The van der Waals surface area contributed by atoms with Crippen molar-refractivity contribution in [1.82, 2.24) is 4.90 Å². The minimum Gasteiger partial charge on any atom is -1.00 e. The first-order valence-electron chi connectivity index (χ1n) is 4.86. The number of thioether (sulfide) groups is 1. The van der Waals surface area contributed by atoms with Crippen molar-refractivity contribution in [2.24, 2.45) is 0 Å². The van der Waals surface area contributed by atoms with Gasteiger partial charge in [-0.05, 0) is 12.0 Å². The lowest BCUT2D eigenvalue weighted by atomic mass is 10.2. The molecule has 1 aromatic rings. The largest absolute Gasteiger partial charge is 1.00 e. The molecule has 1 aliphatic rings. The summed E-state index contributed by atoms with van der Waals surface area (Å²) in [5.41, 5.74) is 1.29. The summed E-state index contributed by atoms with van der Waals surface area (Å²) in [6.07, 6.45) is 1.19. The first-order chi connectivity index (χ1) is 6.86. The Morgan fingerprint density at radius 1 is 1.27 bits per heavy atom. The fourth-order valence-electron chi connectivity index (χ4n) is 1.57. The second kappa shape index (κ2) is 6.03. The Kier molecular flexibility index (Phi) is 4.99. The number of hydrogen-bond acceptors (Lipinski definition) is 2. The zero-order valence-electron chi connectivity index (χ0n) is 8.45. The molecule has 1 heterocycles. The lowest BCUT2D eigenvalue weighted by Gasteiger charge is -2.28. The summed E-state index contributed by atoms with van der Waals surface area (Å²) in [6.45, 7) is 1.91. The standard InChI is InChI=1S/C11H14N2S.ClH/c12-11-13(7-4-8-14-11)9-10-5-2-1-3-6-10;/h1-3,5-6,12H,4,7-9H2;1H/p-1. The van der Waals surface area contributed by atoms with Crippen LogP contribution in [0, 0.1) is 5.41 Å². The Labute approximate surface area is 101 Å². The highest BCUT2D eigenvalue weighted by Crippen LogP contribution is 2.18. The van der Waals surface area contributed by atoms with Gasteiger partial charge in [0.05, 0.1) is 0 Å². The van der Waals surface area contributed by atoms with Crippen LogP contribution in [0.25, 0.3) is 0 Å². The monoisotopic (exact) mass is 241 g/mol. The van der Waals surface area contributed by atoms with Gasteiger partial charge in [-0.15, -0.1) is 0 Å². The molecule has 1 saturated heterocycles. The van der Waals surface area contributed by atoms with Gasteiger partial charge in [-0.1, -0.05) is 42.1 Å². The molecule has 15 heavy (non-hydrogen) atoms. The maximum absolute atomic E-state index is 7.78. The third-order valence-electron chi connectivity index (χ3n) is 2.31. The smallest absolute Gasteiger partial charge is 0.156 e. The van der Waals surface area contributed by atoms with Gasteiger partial charge in [0.15, 0.2) is 5.17 Å². The van der Waals surface area contributed by atoms with Crippen LogP contribution >= 0.6 is 11.8 Å². The number of nitrogens with zero attached hydrogens (tertiary/aromatic N) is 1. The predicted molar refractivity (Wildman–Crippen MR) is 61.7 cm³/mol. The Bertz CT molecular complexity index is 316. The summed E-state index contributed by atoms with van der Waals surface area (Å²) < 4.78 is 0. The average molecular weight is 242 g/mol. The molecule has 82 valence electrons. The molecule has 0 spiro atoms. The van der Waals surface area contributed by atoms with Crippen LogP contribution < -0.4 is 12.4 Å². The summed E-state index contributed by atoms with van der Waals surface area (Å²) in [7, 11) is 0. The Morgan fingerprint density at radius 2 is 2.00 bits per heavy atom. The Morgan fingerprint density at radius 3 is 2.67 bits per heavy atom. The third kappa shape index (κ3) is 3.43. The Hall–Kier alpha value is -0.670. The molecule has 1 aliphatic heterocycles. The number of nitrogens with one attached hydrogen (secondary N) is 1. The van der Waals surface area contributed by atoms with Crippen molar-refractivity contribution in [2.45, 2.75) is 13.0 Å². The number of benzene rings is 1. The van der Waals surface area contributed by atoms with Gasteiger partial charge in [-0.3, -0.25) is 5.41 Å². The molecule has 4 heteroatoms. The molecule has 0 saturated carbocycles. The van der Waals surface area contributed by atoms with Crippen molar-refractivity contribution >= 4 is 16.9 Å². The van der Waals surface area contributed by atoms with Crippen LogP contribution in [-0.2, 0) is 6.54 Å². The highest BCUT2D eigenvalue weighted by Gasteiger charge is 2.14. The second-order valence-corrected chi connectivity index (χ2v) is 4.50. The zero-order chi connectivity index (χ0) is 9.80. The normalized spacial score (nSPS) is 16.0. The summed E-state index contributed by atoms with van der Waals surface area (Å²) in [5, 5.41) is 8.51. The molecule has 0 radical (unpaired) electrons. The highest BCUT2D eigenvalue weighted by molar-refractivity contribution is 8.13. The van der Waals surface area contributed by atoms with Gasteiger partial charge in [0.2, 0.25) is 0 Å². The highest BCUT2D eigenvalue weighted by atomic mass is 35.5. The molecule has 1 N–H and O–H groups in total. The van der Waals surface area contributed by atoms with Crippen LogP contribution in [0.3, 0.4) is 0 Å². The lowest BCUT2D eigenvalue weighted by molar-refractivity contribution is -0.00000302. The summed E-state index contributed by atoms with van der Waals surface area (Å²) in [4.78, 5) is 2.14. The van der Waals surface area contributed by atoms with E-state index < -0.39 is 0 Å². The van der Waals surface area contributed by atoms with E-state index >= 15 is 0 Å². The first kappa shape index (κ1) is 12.4. The first-order valence-corrected chi connectivity index (χ1v) is 5.85.